The molecule has 0 aromatic heterocycles. The van der Waals surface area contributed by atoms with E-state index in [1.165, 1.54) is 51.4 Å². The molecular formula is C61H98O6. The molecule has 0 aromatic rings. The summed E-state index contributed by atoms with van der Waals surface area (Å²) in [5, 5.41) is 0. The van der Waals surface area contributed by atoms with E-state index in [0.717, 1.165) is 122 Å². The van der Waals surface area contributed by atoms with Crippen molar-refractivity contribution >= 4 is 17.9 Å². The fraction of sp³-hybridized carbons (Fsp3) is 0.623. The number of unbranched alkanes of at least 4 members (excludes halogenated alkanes) is 16. The number of ether oxygens (including phenoxy) is 3. The number of carbonyl (C=O) groups is 3. The molecule has 0 aliphatic heterocycles. The quantitative estimate of drug-likeness (QED) is 0.0262. The third kappa shape index (κ3) is 52.6. The zero-order valence-electron chi connectivity index (χ0n) is 43.1. The highest BCUT2D eigenvalue weighted by Crippen LogP contribution is 2.12. The van der Waals surface area contributed by atoms with Crippen LogP contribution >= 0.6 is 0 Å². The van der Waals surface area contributed by atoms with Gasteiger partial charge in [0.15, 0.2) is 6.10 Å². The van der Waals surface area contributed by atoms with Crippen LogP contribution in [0.1, 0.15) is 226 Å². The van der Waals surface area contributed by atoms with Gasteiger partial charge in [-0.15, -0.1) is 0 Å². The highest BCUT2D eigenvalue weighted by Gasteiger charge is 2.19. The molecule has 0 fully saturated rings. The minimum absolute atomic E-state index is 0.112. The van der Waals surface area contributed by atoms with Crippen LogP contribution in [0.5, 0.6) is 0 Å². The van der Waals surface area contributed by atoms with Gasteiger partial charge in [0, 0.05) is 19.3 Å². The Bertz CT molecular complexity index is 1440. The molecule has 0 saturated carbocycles. The largest absolute Gasteiger partial charge is 0.462 e. The first kappa shape index (κ1) is 62.8. The first-order valence-corrected chi connectivity index (χ1v) is 27.0. The standard InChI is InChI=1S/C61H98O6/c1-4-7-10-13-16-19-22-25-28-29-30-31-34-37-40-43-46-49-52-55-61(64)67-58(56-65-59(62)53-50-47-44-41-38-35-32-26-23-20-17-14-11-8-5-2)57-66-60(63)54-51-48-45-42-39-36-33-27-24-21-18-15-12-9-6-3/h7-8,10-11,16-17,19-20,25-28,30-33,37-38,40-41,58H,4-6,9,12-15,18,21-24,29,34-36,39,42-57H2,1-3H3/b10-7-,11-8-,19-16-,20-17-,28-25-,31-30-,32-26-,33-27-,40-37-,41-38-/t58-/m1/s1. The molecule has 6 heteroatoms. The molecule has 0 aromatic carbocycles. The van der Waals surface area contributed by atoms with Crippen molar-refractivity contribution in [2.45, 2.75) is 232 Å². The summed E-state index contributed by atoms with van der Waals surface area (Å²) in [5.41, 5.74) is 0. The van der Waals surface area contributed by atoms with E-state index in [1.54, 1.807) is 0 Å². The van der Waals surface area contributed by atoms with Gasteiger partial charge in [-0.05, 0) is 128 Å². The fourth-order valence-electron chi connectivity index (χ4n) is 6.92. The summed E-state index contributed by atoms with van der Waals surface area (Å²) >= 11 is 0. The highest BCUT2D eigenvalue weighted by molar-refractivity contribution is 5.71. The summed E-state index contributed by atoms with van der Waals surface area (Å²) in [6.45, 7) is 6.32. The molecular weight excluding hydrogens is 829 g/mol. The van der Waals surface area contributed by atoms with Gasteiger partial charge in [-0.2, -0.15) is 0 Å². The molecule has 0 unspecified atom stereocenters. The molecule has 0 aliphatic carbocycles. The Hall–Kier alpha value is -4.19. The van der Waals surface area contributed by atoms with Crippen LogP contribution in [0.4, 0.5) is 0 Å². The molecule has 6 nitrogen and oxygen atoms in total. The Kier molecular flexibility index (Phi) is 51.0. The van der Waals surface area contributed by atoms with Crippen molar-refractivity contribution < 1.29 is 28.6 Å². The van der Waals surface area contributed by atoms with E-state index in [2.05, 4.69) is 142 Å². The molecule has 378 valence electrons. The Morgan fingerprint density at radius 1 is 0.313 bits per heavy atom. The second-order valence-corrected chi connectivity index (χ2v) is 17.4. The Labute approximate surface area is 412 Å². The molecule has 67 heavy (non-hydrogen) atoms. The number of allylic oxidation sites excluding steroid dienone is 20. The summed E-state index contributed by atoms with van der Waals surface area (Å²) in [6, 6.07) is 0. The maximum Gasteiger partial charge on any atom is 0.306 e. The highest BCUT2D eigenvalue weighted by atomic mass is 16.6. The number of hydrogen-bond donors (Lipinski definition) is 0. The van der Waals surface area contributed by atoms with Crippen LogP contribution in [0.25, 0.3) is 0 Å². The smallest absolute Gasteiger partial charge is 0.306 e. The molecule has 1 atom stereocenters. The topological polar surface area (TPSA) is 78.9 Å². The lowest BCUT2D eigenvalue weighted by molar-refractivity contribution is -0.167. The monoisotopic (exact) mass is 927 g/mol. The van der Waals surface area contributed by atoms with Gasteiger partial charge >= 0.3 is 17.9 Å². The van der Waals surface area contributed by atoms with E-state index in [4.69, 9.17) is 14.2 Å². The van der Waals surface area contributed by atoms with Crippen molar-refractivity contribution in [3.63, 3.8) is 0 Å². The Morgan fingerprint density at radius 2 is 0.582 bits per heavy atom. The van der Waals surface area contributed by atoms with Crippen LogP contribution in [-0.4, -0.2) is 37.2 Å². The van der Waals surface area contributed by atoms with Crippen molar-refractivity contribution in [2.75, 3.05) is 13.2 Å². The predicted octanol–water partition coefficient (Wildman–Crippen LogP) is 18.1. The minimum Gasteiger partial charge on any atom is -0.462 e. The lowest BCUT2D eigenvalue weighted by Gasteiger charge is -2.18. The van der Waals surface area contributed by atoms with Crippen molar-refractivity contribution in [2.24, 2.45) is 0 Å². The third-order valence-electron chi connectivity index (χ3n) is 10.9. The summed E-state index contributed by atoms with van der Waals surface area (Å²) in [7, 11) is 0. The molecule has 0 aliphatic rings. The lowest BCUT2D eigenvalue weighted by atomic mass is 10.1. The van der Waals surface area contributed by atoms with Gasteiger partial charge in [0.2, 0.25) is 0 Å². The first-order valence-electron chi connectivity index (χ1n) is 27.0. The molecule has 0 radical (unpaired) electrons. The molecule has 0 spiro atoms. The van der Waals surface area contributed by atoms with Gasteiger partial charge in [-0.3, -0.25) is 14.4 Å². The average Bonchev–Trinajstić information content (AvgIpc) is 3.33. The molecule has 0 bridgehead atoms. The van der Waals surface area contributed by atoms with E-state index < -0.39 is 6.10 Å². The van der Waals surface area contributed by atoms with Gasteiger partial charge < -0.3 is 14.2 Å². The number of rotatable bonds is 47. The summed E-state index contributed by atoms with van der Waals surface area (Å²) < 4.78 is 16.8. The molecule has 0 heterocycles. The van der Waals surface area contributed by atoms with E-state index >= 15 is 0 Å². The molecule has 0 N–H and O–H groups in total. The molecule has 0 rings (SSSR count). The summed E-state index contributed by atoms with van der Waals surface area (Å²) in [6.07, 6.45) is 74.7. The van der Waals surface area contributed by atoms with E-state index in [1.807, 2.05) is 0 Å². The SMILES string of the molecule is CC/C=C\C/C=C\C/C=C\C/C=C\C/C=C\CCCCCC(=O)O[C@H](COC(=O)CCCC/C=C\C/C=C\C/C=C\C/C=C\CC)COC(=O)CCCCCCC/C=C\CCCCCCCC. The van der Waals surface area contributed by atoms with Crippen molar-refractivity contribution in [1.82, 2.24) is 0 Å². The van der Waals surface area contributed by atoms with Crippen molar-refractivity contribution in [1.29, 1.82) is 0 Å². The Balaban J connectivity index is 4.55. The van der Waals surface area contributed by atoms with Gasteiger partial charge in [0.1, 0.15) is 13.2 Å². The van der Waals surface area contributed by atoms with Crippen LogP contribution in [-0.2, 0) is 28.6 Å². The minimum atomic E-state index is -0.819. The van der Waals surface area contributed by atoms with Crippen molar-refractivity contribution in [3.05, 3.63) is 122 Å². The second kappa shape index (κ2) is 54.4. The van der Waals surface area contributed by atoms with Gasteiger partial charge in [-0.25, -0.2) is 0 Å². The number of esters is 3. The first-order chi connectivity index (χ1) is 33.0. The van der Waals surface area contributed by atoms with E-state index in [0.29, 0.717) is 25.7 Å². The van der Waals surface area contributed by atoms with Gasteiger partial charge in [-0.1, -0.05) is 200 Å². The Morgan fingerprint density at radius 3 is 0.970 bits per heavy atom. The summed E-state index contributed by atoms with van der Waals surface area (Å²) in [4.78, 5) is 38.1. The van der Waals surface area contributed by atoms with Gasteiger partial charge in [0.05, 0.1) is 0 Å². The lowest BCUT2D eigenvalue weighted by Crippen LogP contribution is -2.30. The van der Waals surface area contributed by atoms with Crippen LogP contribution in [0.15, 0.2) is 122 Å². The molecule has 0 saturated heterocycles. The van der Waals surface area contributed by atoms with Crippen LogP contribution in [0.3, 0.4) is 0 Å². The molecule has 0 amide bonds. The third-order valence-corrected chi connectivity index (χ3v) is 10.9. The fourth-order valence-corrected chi connectivity index (χ4v) is 6.92. The zero-order chi connectivity index (χ0) is 48.6. The van der Waals surface area contributed by atoms with Crippen LogP contribution in [0.2, 0.25) is 0 Å². The second-order valence-electron chi connectivity index (χ2n) is 17.4. The maximum absolute atomic E-state index is 12.8. The van der Waals surface area contributed by atoms with Crippen molar-refractivity contribution in [3.8, 4) is 0 Å². The zero-order valence-corrected chi connectivity index (χ0v) is 43.1. The summed E-state index contributed by atoms with van der Waals surface area (Å²) in [5.74, 6) is -1.00. The number of carbonyl (C=O) groups excluding carboxylic acids is 3. The normalized spacial score (nSPS) is 13.1. The van der Waals surface area contributed by atoms with Crippen LogP contribution < -0.4 is 0 Å². The average molecular weight is 927 g/mol. The van der Waals surface area contributed by atoms with Gasteiger partial charge in [0.25, 0.3) is 0 Å². The van der Waals surface area contributed by atoms with E-state index in [9.17, 15) is 14.4 Å². The maximum atomic E-state index is 12.8. The predicted molar refractivity (Wildman–Crippen MR) is 288 cm³/mol. The van der Waals surface area contributed by atoms with E-state index in [-0.39, 0.29) is 37.5 Å². The van der Waals surface area contributed by atoms with Crippen LogP contribution in [0, 0.1) is 0 Å². The number of hydrogen-bond acceptors (Lipinski definition) is 6.